The number of carbonyl (C=O) groups is 2. The molecule has 80 valence electrons. The van der Waals surface area contributed by atoms with Gasteiger partial charge in [-0.2, -0.15) is 0 Å². The van der Waals surface area contributed by atoms with E-state index < -0.39 is 5.97 Å². The maximum absolute atomic E-state index is 10.8. The van der Waals surface area contributed by atoms with Crippen LogP contribution in [0.4, 0.5) is 0 Å². The second kappa shape index (κ2) is 4.41. The molecule has 3 N–H and O–H groups in total. The fourth-order valence-corrected chi connectivity index (χ4v) is 1.70. The molecule has 0 aliphatic carbocycles. The highest BCUT2D eigenvalue weighted by Crippen LogP contribution is 2.16. The maximum Gasteiger partial charge on any atom is 0.307 e. The summed E-state index contributed by atoms with van der Waals surface area (Å²) in [7, 11) is 0. The van der Waals surface area contributed by atoms with Gasteiger partial charge in [-0.15, -0.1) is 0 Å². The number of aliphatic carboxylic acids is 1. The molecule has 0 aromatic carbocycles. The molecule has 0 aromatic rings. The van der Waals surface area contributed by atoms with Crippen molar-refractivity contribution in [2.75, 3.05) is 19.6 Å². The van der Waals surface area contributed by atoms with Crippen LogP contribution < -0.4 is 5.73 Å². The highest BCUT2D eigenvalue weighted by molar-refractivity contribution is 5.77. The minimum atomic E-state index is -0.799. The molecule has 2 unspecified atom stereocenters. The van der Waals surface area contributed by atoms with Gasteiger partial charge in [0.2, 0.25) is 5.91 Å². The van der Waals surface area contributed by atoms with Crippen molar-refractivity contribution in [3.05, 3.63) is 0 Å². The molecular weight excluding hydrogens is 184 g/mol. The standard InChI is InChI=1S/C9H16N2O3/c1-6(9(13)14)4-11-3-2-7(5-11)8(10)12/h6-7H,2-5H2,1H3,(H2,10,12)(H,13,14). The van der Waals surface area contributed by atoms with Crippen molar-refractivity contribution in [1.29, 1.82) is 0 Å². The summed E-state index contributed by atoms with van der Waals surface area (Å²) in [6.45, 7) is 3.54. The lowest BCUT2D eigenvalue weighted by Crippen LogP contribution is -2.32. The van der Waals surface area contributed by atoms with E-state index in [0.29, 0.717) is 13.1 Å². The SMILES string of the molecule is CC(CN1CCC(C(N)=O)C1)C(=O)O. The Labute approximate surface area is 82.9 Å². The minimum absolute atomic E-state index is 0.101. The Morgan fingerprint density at radius 1 is 1.64 bits per heavy atom. The third kappa shape index (κ3) is 2.70. The molecule has 1 rings (SSSR count). The van der Waals surface area contributed by atoms with Crippen LogP contribution in [0.5, 0.6) is 0 Å². The molecule has 5 nitrogen and oxygen atoms in total. The van der Waals surface area contributed by atoms with E-state index in [2.05, 4.69) is 0 Å². The quantitative estimate of drug-likeness (QED) is 0.641. The monoisotopic (exact) mass is 200 g/mol. The molecule has 1 aliphatic rings. The van der Waals surface area contributed by atoms with E-state index in [0.717, 1.165) is 13.0 Å². The van der Waals surface area contributed by atoms with Crippen LogP contribution >= 0.6 is 0 Å². The van der Waals surface area contributed by atoms with E-state index in [1.54, 1.807) is 6.92 Å². The minimum Gasteiger partial charge on any atom is -0.481 e. The summed E-state index contributed by atoms with van der Waals surface area (Å²) in [5.74, 6) is -1.57. The summed E-state index contributed by atoms with van der Waals surface area (Å²) in [6.07, 6.45) is 0.752. The molecule has 1 heterocycles. The van der Waals surface area contributed by atoms with E-state index in [4.69, 9.17) is 10.8 Å². The Kier molecular flexibility index (Phi) is 3.46. The van der Waals surface area contributed by atoms with Crippen molar-refractivity contribution in [2.45, 2.75) is 13.3 Å². The van der Waals surface area contributed by atoms with E-state index in [-0.39, 0.29) is 17.7 Å². The van der Waals surface area contributed by atoms with E-state index in [1.807, 2.05) is 4.90 Å². The number of carbonyl (C=O) groups excluding carboxylic acids is 1. The highest BCUT2D eigenvalue weighted by atomic mass is 16.4. The van der Waals surface area contributed by atoms with E-state index in [9.17, 15) is 9.59 Å². The van der Waals surface area contributed by atoms with Gasteiger partial charge in [0.15, 0.2) is 0 Å². The lowest BCUT2D eigenvalue weighted by atomic mass is 10.1. The first-order valence-electron chi connectivity index (χ1n) is 4.75. The van der Waals surface area contributed by atoms with Crippen molar-refractivity contribution < 1.29 is 14.7 Å². The van der Waals surface area contributed by atoms with Gasteiger partial charge in [0, 0.05) is 13.1 Å². The third-order valence-electron chi connectivity index (χ3n) is 2.63. The van der Waals surface area contributed by atoms with Crippen LogP contribution in [0.25, 0.3) is 0 Å². The normalized spacial score (nSPS) is 24.8. The Balaban J connectivity index is 2.36. The van der Waals surface area contributed by atoms with E-state index >= 15 is 0 Å². The first-order chi connectivity index (χ1) is 6.50. The number of primary amides is 1. The molecule has 0 spiro atoms. The van der Waals surface area contributed by atoms with Crippen LogP contribution in [0.1, 0.15) is 13.3 Å². The second-order valence-electron chi connectivity index (χ2n) is 3.89. The maximum atomic E-state index is 10.8. The molecular formula is C9H16N2O3. The number of likely N-dealkylation sites (tertiary alicyclic amines) is 1. The number of hydrogen-bond acceptors (Lipinski definition) is 3. The second-order valence-corrected chi connectivity index (χ2v) is 3.89. The number of nitrogens with zero attached hydrogens (tertiary/aromatic N) is 1. The number of carboxylic acid groups (broad SMARTS) is 1. The summed E-state index contributed by atoms with van der Waals surface area (Å²) in [6, 6.07) is 0. The number of nitrogens with two attached hydrogens (primary N) is 1. The Hall–Kier alpha value is -1.10. The first kappa shape index (κ1) is 11.0. The molecule has 1 fully saturated rings. The molecule has 0 aromatic heterocycles. The average molecular weight is 200 g/mol. The highest BCUT2D eigenvalue weighted by Gasteiger charge is 2.28. The number of amides is 1. The molecule has 2 atom stereocenters. The van der Waals surface area contributed by atoms with Gasteiger partial charge in [0.1, 0.15) is 0 Å². The predicted molar refractivity (Wildman–Crippen MR) is 50.5 cm³/mol. The predicted octanol–water partition coefficient (Wildman–Crippen LogP) is -0.486. The van der Waals surface area contributed by atoms with Gasteiger partial charge in [0.25, 0.3) is 0 Å². The average Bonchev–Trinajstić information content (AvgIpc) is 2.52. The summed E-state index contributed by atoms with van der Waals surface area (Å²) in [5.41, 5.74) is 5.17. The smallest absolute Gasteiger partial charge is 0.307 e. The lowest BCUT2D eigenvalue weighted by Gasteiger charge is -2.17. The molecule has 1 aliphatic heterocycles. The van der Waals surface area contributed by atoms with Gasteiger partial charge in [-0.25, -0.2) is 0 Å². The van der Waals surface area contributed by atoms with Crippen LogP contribution in [-0.2, 0) is 9.59 Å². The zero-order valence-corrected chi connectivity index (χ0v) is 8.27. The Morgan fingerprint density at radius 3 is 2.71 bits per heavy atom. The molecule has 0 saturated carbocycles. The van der Waals surface area contributed by atoms with Gasteiger partial charge < -0.3 is 15.7 Å². The van der Waals surface area contributed by atoms with Gasteiger partial charge in [-0.1, -0.05) is 6.92 Å². The van der Waals surface area contributed by atoms with E-state index in [1.165, 1.54) is 0 Å². The van der Waals surface area contributed by atoms with Crippen molar-refractivity contribution in [1.82, 2.24) is 4.90 Å². The zero-order chi connectivity index (χ0) is 10.7. The fourth-order valence-electron chi connectivity index (χ4n) is 1.70. The summed E-state index contributed by atoms with van der Waals surface area (Å²) < 4.78 is 0. The van der Waals surface area contributed by atoms with Crippen LogP contribution in [-0.4, -0.2) is 41.5 Å². The first-order valence-corrected chi connectivity index (χ1v) is 4.75. The molecule has 0 radical (unpaired) electrons. The zero-order valence-electron chi connectivity index (χ0n) is 8.27. The molecule has 1 saturated heterocycles. The molecule has 0 bridgehead atoms. The Morgan fingerprint density at radius 2 is 2.29 bits per heavy atom. The number of hydrogen-bond donors (Lipinski definition) is 2. The van der Waals surface area contributed by atoms with Crippen LogP contribution in [0.15, 0.2) is 0 Å². The van der Waals surface area contributed by atoms with Crippen molar-refractivity contribution in [3.8, 4) is 0 Å². The van der Waals surface area contributed by atoms with Crippen LogP contribution in [0.3, 0.4) is 0 Å². The number of carboxylic acids is 1. The topological polar surface area (TPSA) is 83.6 Å². The van der Waals surface area contributed by atoms with Crippen molar-refractivity contribution >= 4 is 11.9 Å². The third-order valence-corrected chi connectivity index (χ3v) is 2.63. The van der Waals surface area contributed by atoms with Crippen LogP contribution in [0.2, 0.25) is 0 Å². The van der Waals surface area contributed by atoms with Gasteiger partial charge in [-0.05, 0) is 13.0 Å². The lowest BCUT2D eigenvalue weighted by molar-refractivity contribution is -0.141. The summed E-state index contributed by atoms with van der Waals surface area (Å²) in [4.78, 5) is 23.4. The Bertz CT molecular complexity index is 242. The van der Waals surface area contributed by atoms with Gasteiger partial charge in [-0.3, -0.25) is 9.59 Å². The fraction of sp³-hybridized carbons (Fsp3) is 0.778. The van der Waals surface area contributed by atoms with Crippen LogP contribution in [0, 0.1) is 11.8 Å². The summed E-state index contributed by atoms with van der Waals surface area (Å²) in [5, 5.41) is 8.70. The molecule has 1 amide bonds. The number of rotatable bonds is 4. The van der Waals surface area contributed by atoms with Crippen molar-refractivity contribution in [2.24, 2.45) is 17.6 Å². The summed E-state index contributed by atoms with van der Waals surface area (Å²) >= 11 is 0. The largest absolute Gasteiger partial charge is 0.481 e. The van der Waals surface area contributed by atoms with Crippen molar-refractivity contribution in [3.63, 3.8) is 0 Å². The molecule has 5 heteroatoms. The molecule has 14 heavy (non-hydrogen) atoms. The van der Waals surface area contributed by atoms with Gasteiger partial charge in [0.05, 0.1) is 11.8 Å². The van der Waals surface area contributed by atoms with Gasteiger partial charge >= 0.3 is 5.97 Å².